The van der Waals surface area contributed by atoms with Crippen molar-refractivity contribution >= 4 is 56.6 Å². The molecule has 328 valence electrons. The lowest BCUT2D eigenvalue weighted by atomic mass is 9.89. The van der Waals surface area contributed by atoms with E-state index in [-0.39, 0.29) is 70.8 Å². The molecule has 18 heteroatoms. The van der Waals surface area contributed by atoms with Crippen molar-refractivity contribution in [1.82, 2.24) is 30.1 Å². The monoisotopic (exact) mass is 885 g/mol. The van der Waals surface area contributed by atoms with E-state index in [2.05, 4.69) is 20.2 Å². The van der Waals surface area contributed by atoms with Gasteiger partial charge in [0.2, 0.25) is 39.6 Å². The molecular formula is C44H52FN9O6S2. The Bertz CT molecular complexity index is 2440. The molecule has 2 atom stereocenters. The van der Waals surface area contributed by atoms with Gasteiger partial charge in [0.15, 0.2) is 0 Å². The lowest BCUT2D eigenvalue weighted by Crippen LogP contribution is -2.48. The first-order valence-electron chi connectivity index (χ1n) is 21.4. The zero-order valence-corrected chi connectivity index (χ0v) is 36.3. The minimum absolute atomic E-state index is 0.00197. The number of thiazole rings is 1. The van der Waals surface area contributed by atoms with Crippen molar-refractivity contribution in [3.63, 3.8) is 0 Å². The molecule has 4 aromatic rings. The van der Waals surface area contributed by atoms with E-state index in [1.54, 1.807) is 25.1 Å². The van der Waals surface area contributed by atoms with Gasteiger partial charge in [-0.25, -0.2) is 32.9 Å². The number of nitrogens with two attached hydrogens (primary N) is 2. The van der Waals surface area contributed by atoms with E-state index in [0.29, 0.717) is 81.0 Å². The molecule has 4 saturated heterocycles. The summed E-state index contributed by atoms with van der Waals surface area (Å²) in [6.07, 6.45) is 6.54. The van der Waals surface area contributed by atoms with Crippen molar-refractivity contribution in [3.8, 4) is 21.8 Å². The number of piperidine rings is 4. The lowest BCUT2D eigenvalue weighted by Gasteiger charge is -2.39. The van der Waals surface area contributed by atoms with Gasteiger partial charge in [0.05, 0.1) is 27.2 Å². The largest absolute Gasteiger partial charge is 0.371 e. The van der Waals surface area contributed by atoms with E-state index in [1.807, 2.05) is 34.1 Å². The first-order valence-corrected chi connectivity index (χ1v) is 23.9. The molecule has 2 unspecified atom stereocenters. The molecule has 6 heterocycles. The summed E-state index contributed by atoms with van der Waals surface area (Å²) in [6.45, 7) is 5.34. The van der Waals surface area contributed by atoms with E-state index in [4.69, 9.17) is 15.9 Å². The minimum atomic E-state index is -4.08. The van der Waals surface area contributed by atoms with Gasteiger partial charge in [-0.1, -0.05) is 31.2 Å². The number of amides is 4. The predicted molar refractivity (Wildman–Crippen MR) is 233 cm³/mol. The standard InChI is InChI=1S/C44H52FN9O6S2/c1-2-35(62(47,59)60)32-4-3-5-33(37(32)45)38-39(34-12-19-48-44(46)49-34)61-41(51-38)27-13-22-53(23-14-27)43(58)29-17-24-54(25-18-29)42(57)28-15-20-52(21-16-28)30-8-6-26(7-9-30)31-10-11-36(55)50-40(31)56/h3-9,12,19,27-29,31,35H,2,10-11,13-18,20-25H2,1H3,(H2,46,48,49)(H2,47,59,60)(H,50,55,56). The van der Waals surface area contributed by atoms with E-state index in [9.17, 15) is 27.6 Å². The normalized spacial score (nSPS) is 20.3. The SMILES string of the molecule is CCC(c1cccc(-c2nc(C3CCN(C(=O)C4CCN(C(=O)C5CCN(c6ccc(C7CCC(=O)NC7=O)cc6)CC5)CC4)CC3)sc2-c2ccnc(N)n2)c1F)S(N)(=O)=O. The maximum Gasteiger partial charge on any atom is 0.234 e. The van der Waals surface area contributed by atoms with Crippen molar-refractivity contribution < 1.29 is 32.0 Å². The van der Waals surface area contributed by atoms with Crippen LogP contribution >= 0.6 is 11.3 Å². The smallest absolute Gasteiger partial charge is 0.234 e. The van der Waals surface area contributed by atoms with Gasteiger partial charge in [-0.05, 0) is 81.2 Å². The number of primary sulfonamides is 1. The molecule has 62 heavy (non-hydrogen) atoms. The highest BCUT2D eigenvalue weighted by atomic mass is 32.2. The summed E-state index contributed by atoms with van der Waals surface area (Å²) in [6, 6.07) is 14.2. The maximum atomic E-state index is 16.3. The molecule has 0 bridgehead atoms. The van der Waals surface area contributed by atoms with Crippen LogP contribution < -0.4 is 21.1 Å². The molecule has 2 aromatic carbocycles. The molecule has 0 spiro atoms. The molecule has 5 N–H and O–H groups in total. The first-order chi connectivity index (χ1) is 29.8. The van der Waals surface area contributed by atoms with Gasteiger partial charge in [-0.3, -0.25) is 24.5 Å². The quantitative estimate of drug-likeness (QED) is 0.178. The fourth-order valence-electron chi connectivity index (χ4n) is 9.50. The number of carbonyl (C=O) groups excluding carboxylic acids is 4. The number of nitrogens with one attached hydrogen (secondary N) is 1. The third-order valence-corrected chi connectivity index (χ3v) is 15.6. The van der Waals surface area contributed by atoms with Crippen LogP contribution in [0.25, 0.3) is 21.8 Å². The van der Waals surface area contributed by atoms with E-state index < -0.39 is 21.1 Å². The predicted octanol–water partition coefficient (Wildman–Crippen LogP) is 5.11. The van der Waals surface area contributed by atoms with Crippen LogP contribution in [0.5, 0.6) is 0 Å². The second kappa shape index (κ2) is 18.2. The number of nitrogen functional groups attached to an aromatic ring is 1. The highest BCUT2D eigenvalue weighted by molar-refractivity contribution is 7.89. The number of anilines is 2. The van der Waals surface area contributed by atoms with Gasteiger partial charge in [0.1, 0.15) is 11.1 Å². The van der Waals surface area contributed by atoms with Crippen molar-refractivity contribution in [2.75, 3.05) is 49.9 Å². The van der Waals surface area contributed by atoms with Crippen LogP contribution in [-0.2, 0) is 29.2 Å². The van der Waals surface area contributed by atoms with Crippen LogP contribution in [0.2, 0.25) is 0 Å². The summed E-state index contributed by atoms with van der Waals surface area (Å²) in [5, 5.41) is 7.47. The summed E-state index contributed by atoms with van der Waals surface area (Å²) < 4.78 is 41.0. The zero-order valence-electron chi connectivity index (χ0n) is 34.7. The summed E-state index contributed by atoms with van der Waals surface area (Å²) >= 11 is 1.38. The highest BCUT2D eigenvalue weighted by Crippen LogP contribution is 2.43. The van der Waals surface area contributed by atoms with Crippen LogP contribution in [0.1, 0.15) is 97.9 Å². The molecule has 2 aromatic heterocycles. The topological polar surface area (TPSA) is 215 Å². The average Bonchev–Trinajstić information content (AvgIpc) is 3.72. The van der Waals surface area contributed by atoms with Crippen molar-refractivity contribution in [2.45, 2.75) is 81.8 Å². The third kappa shape index (κ3) is 9.08. The molecule has 0 saturated carbocycles. The van der Waals surface area contributed by atoms with Gasteiger partial charge in [0, 0.05) is 86.5 Å². The summed E-state index contributed by atoms with van der Waals surface area (Å²) in [5.41, 5.74) is 8.80. The lowest BCUT2D eigenvalue weighted by molar-refractivity contribution is -0.143. The summed E-state index contributed by atoms with van der Waals surface area (Å²) in [7, 11) is -4.08. The number of likely N-dealkylation sites (tertiary alicyclic amines) is 2. The Balaban J connectivity index is 0.852. The number of carbonyl (C=O) groups is 4. The molecule has 4 aliphatic heterocycles. The molecule has 4 fully saturated rings. The number of hydrogen-bond donors (Lipinski definition) is 3. The van der Waals surface area contributed by atoms with Gasteiger partial charge in [-0.2, -0.15) is 0 Å². The maximum absolute atomic E-state index is 16.3. The number of nitrogens with zero attached hydrogens (tertiary/aromatic N) is 6. The Kier molecular flexibility index (Phi) is 12.7. The Morgan fingerprint density at radius 2 is 1.50 bits per heavy atom. The van der Waals surface area contributed by atoms with Gasteiger partial charge < -0.3 is 20.4 Å². The van der Waals surface area contributed by atoms with Crippen LogP contribution in [0.4, 0.5) is 16.0 Å². The molecule has 0 radical (unpaired) electrons. The van der Waals surface area contributed by atoms with Gasteiger partial charge >= 0.3 is 0 Å². The third-order valence-electron chi connectivity index (χ3n) is 13.0. The van der Waals surface area contributed by atoms with E-state index >= 15 is 4.39 Å². The van der Waals surface area contributed by atoms with Gasteiger partial charge in [0.25, 0.3) is 0 Å². The number of rotatable bonds is 10. The Morgan fingerprint density at radius 1 is 0.871 bits per heavy atom. The van der Waals surface area contributed by atoms with Crippen LogP contribution in [0.15, 0.2) is 54.7 Å². The number of halogens is 1. The molecule has 15 nitrogen and oxygen atoms in total. The Morgan fingerprint density at radius 3 is 2.10 bits per heavy atom. The van der Waals surface area contributed by atoms with Crippen LogP contribution in [0, 0.1) is 17.7 Å². The molecule has 4 aliphatic rings. The highest BCUT2D eigenvalue weighted by Gasteiger charge is 2.37. The number of hydrogen-bond acceptors (Lipinski definition) is 12. The van der Waals surface area contributed by atoms with Crippen molar-refractivity contribution in [2.24, 2.45) is 17.0 Å². The van der Waals surface area contributed by atoms with Crippen LogP contribution in [-0.4, -0.2) is 96.1 Å². The number of benzene rings is 2. The Hall–Kier alpha value is -5.33. The number of aromatic nitrogens is 3. The molecular weight excluding hydrogens is 834 g/mol. The minimum Gasteiger partial charge on any atom is -0.371 e. The average molecular weight is 886 g/mol. The molecule has 0 aliphatic carbocycles. The Labute approximate surface area is 364 Å². The fourth-order valence-corrected chi connectivity index (χ4v) is 11.7. The van der Waals surface area contributed by atoms with Gasteiger partial charge in [-0.15, -0.1) is 11.3 Å². The zero-order chi connectivity index (χ0) is 43.7. The van der Waals surface area contributed by atoms with Crippen LogP contribution in [0.3, 0.4) is 0 Å². The fraction of sp³-hybridized carbons (Fsp3) is 0.477. The number of imide groups is 1. The second-order valence-electron chi connectivity index (χ2n) is 16.8. The summed E-state index contributed by atoms with van der Waals surface area (Å²) in [5.74, 6) is -1.38. The molecule has 8 rings (SSSR count). The number of sulfonamides is 1. The van der Waals surface area contributed by atoms with Crippen molar-refractivity contribution in [3.05, 3.63) is 76.7 Å². The summed E-state index contributed by atoms with van der Waals surface area (Å²) in [4.78, 5) is 71.4. The molecule has 4 amide bonds. The van der Waals surface area contributed by atoms with Crippen molar-refractivity contribution in [1.29, 1.82) is 0 Å². The first kappa shape index (κ1) is 43.3. The van der Waals surface area contributed by atoms with E-state index in [1.165, 1.54) is 23.6 Å². The second-order valence-corrected chi connectivity index (χ2v) is 19.6. The van der Waals surface area contributed by atoms with E-state index in [0.717, 1.165) is 42.2 Å².